The summed E-state index contributed by atoms with van der Waals surface area (Å²) in [6.45, 7) is 5.42. The van der Waals surface area contributed by atoms with Crippen LogP contribution in [-0.4, -0.2) is 17.6 Å². The zero-order valence-electron chi connectivity index (χ0n) is 10.4. The summed E-state index contributed by atoms with van der Waals surface area (Å²) in [5, 5.41) is 3.58. The molecular weight excluding hydrogens is 196 g/mol. The molecule has 1 aliphatic rings. The molecule has 0 aliphatic heterocycles. The van der Waals surface area contributed by atoms with E-state index in [1.807, 2.05) is 6.20 Å². The fraction of sp³-hybridized carbons (Fsp3) is 0.643. The third kappa shape index (κ3) is 3.05. The molecule has 1 N–H and O–H groups in total. The number of likely N-dealkylation sites (N-methyl/N-ethyl adjacent to an activating group) is 1. The van der Waals surface area contributed by atoms with E-state index < -0.39 is 0 Å². The van der Waals surface area contributed by atoms with Gasteiger partial charge in [-0.15, -0.1) is 0 Å². The van der Waals surface area contributed by atoms with Crippen LogP contribution in [0.5, 0.6) is 0 Å². The minimum atomic E-state index is 0.643. The lowest BCUT2D eigenvalue weighted by Crippen LogP contribution is -2.33. The molecule has 2 rings (SSSR count). The molecule has 1 heterocycles. The molecule has 0 aromatic carbocycles. The first-order valence-electron chi connectivity index (χ1n) is 6.50. The van der Waals surface area contributed by atoms with Crippen LogP contribution < -0.4 is 5.32 Å². The standard InChI is InChI=1S/C14H22N2/c1-3-11-5-8-13(16-10-11)9-14(15-4-2)12-6-7-12/h5,8,10,12,14-15H,3-4,6-7,9H2,1-2H3. The number of rotatable bonds is 6. The number of nitrogens with zero attached hydrogens (tertiary/aromatic N) is 1. The van der Waals surface area contributed by atoms with Crippen molar-refractivity contribution in [2.45, 2.75) is 45.6 Å². The SMILES string of the molecule is CCNC(Cc1ccc(CC)cn1)C1CC1. The Kier molecular flexibility index (Phi) is 3.94. The van der Waals surface area contributed by atoms with Crippen molar-refractivity contribution < 1.29 is 0 Å². The molecule has 1 aromatic heterocycles. The summed E-state index contributed by atoms with van der Waals surface area (Å²) in [6, 6.07) is 5.04. The van der Waals surface area contributed by atoms with E-state index in [-0.39, 0.29) is 0 Å². The molecule has 0 radical (unpaired) electrons. The van der Waals surface area contributed by atoms with Crippen molar-refractivity contribution in [1.29, 1.82) is 0 Å². The molecule has 16 heavy (non-hydrogen) atoms. The maximum Gasteiger partial charge on any atom is 0.0419 e. The molecule has 1 unspecified atom stereocenters. The monoisotopic (exact) mass is 218 g/mol. The Morgan fingerprint density at radius 1 is 1.38 bits per heavy atom. The highest BCUT2D eigenvalue weighted by molar-refractivity contribution is 5.15. The number of hydrogen-bond donors (Lipinski definition) is 1. The highest BCUT2D eigenvalue weighted by Crippen LogP contribution is 2.33. The van der Waals surface area contributed by atoms with Crippen LogP contribution in [-0.2, 0) is 12.8 Å². The number of hydrogen-bond acceptors (Lipinski definition) is 2. The molecule has 0 spiro atoms. The quantitative estimate of drug-likeness (QED) is 0.794. The van der Waals surface area contributed by atoms with Gasteiger partial charge in [-0.05, 0) is 43.4 Å². The smallest absolute Gasteiger partial charge is 0.0419 e. The number of aromatic nitrogens is 1. The maximum atomic E-state index is 4.54. The minimum absolute atomic E-state index is 0.643. The second kappa shape index (κ2) is 5.44. The van der Waals surface area contributed by atoms with Crippen LogP contribution in [0.2, 0.25) is 0 Å². The van der Waals surface area contributed by atoms with E-state index in [0.29, 0.717) is 6.04 Å². The Bertz CT molecular complexity index is 314. The van der Waals surface area contributed by atoms with Crippen molar-refractivity contribution in [3.63, 3.8) is 0 Å². The average molecular weight is 218 g/mol. The summed E-state index contributed by atoms with van der Waals surface area (Å²) in [6.07, 6.45) is 6.97. The van der Waals surface area contributed by atoms with Gasteiger partial charge in [-0.2, -0.15) is 0 Å². The Balaban J connectivity index is 1.94. The Morgan fingerprint density at radius 2 is 2.19 bits per heavy atom. The van der Waals surface area contributed by atoms with Gasteiger partial charge in [0.05, 0.1) is 0 Å². The molecule has 1 fully saturated rings. The minimum Gasteiger partial charge on any atom is -0.314 e. The number of aryl methyl sites for hydroxylation is 1. The predicted octanol–water partition coefficient (Wildman–Crippen LogP) is 2.57. The Hall–Kier alpha value is -0.890. The largest absolute Gasteiger partial charge is 0.314 e. The zero-order valence-corrected chi connectivity index (χ0v) is 10.4. The first-order chi connectivity index (χ1) is 7.83. The predicted molar refractivity (Wildman–Crippen MR) is 67.5 cm³/mol. The van der Waals surface area contributed by atoms with Gasteiger partial charge in [-0.1, -0.05) is 19.9 Å². The highest BCUT2D eigenvalue weighted by Gasteiger charge is 2.30. The summed E-state index contributed by atoms with van der Waals surface area (Å²) < 4.78 is 0. The van der Waals surface area contributed by atoms with E-state index in [0.717, 1.165) is 25.3 Å². The zero-order chi connectivity index (χ0) is 11.4. The lowest BCUT2D eigenvalue weighted by molar-refractivity contribution is 0.468. The lowest BCUT2D eigenvalue weighted by Gasteiger charge is -2.16. The molecule has 1 aliphatic carbocycles. The van der Waals surface area contributed by atoms with Crippen LogP contribution in [0.3, 0.4) is 0 Å². The summed E-state index contributed by atoms with van der Waals surface area (Å²) in [5.74, 6) is 0.896. The van der Waals surface area contributed by atoms with Gasteiger partial charge in [0.1, 0.15) is 0 Å². The molecule has 1 atom stereocenters. The Labute approximate surface area is 98.5 Å². The van der Waals surface area contributed by atoms with Gasteiger partial charge in [-0.3, -0.25) is 4.98 Å². The lowest BCUT2D eigenvalue weighted by atomic mass is 10.1. The van der Waals surface area contributed by atoms with E-state index in [9.17, 15) is 0 Å². The third-order valence-electron chi connectivity index (χ3n) is 3.38. The van der Waals surface area contributed by atoms with E-state index in [2.05, 4.69) is 36.3 Å². The van der Waals surface area contributed by atoms with Crippen molar-refractivity contribution >= 4 is 0 Å². The van der Waals surface area contributed by atoms with Crippen molar-refractivity contribution in [3.05, 3.63) is 29.6 Å². The number of pyridine rings is 1. The molecule has 0 amide bonds. The highest BCUT2D eigenvalue weighted by atomic mass is 14.9. The van der Waals surface area contributed by atoms with Crippen LogP contribution in [0.4, 0.5) is 0 Å². The fourth-order valence-corrected chi connectivity index (χ4v) is 2.18. The van der Waals surface area contributed by atoms with Gasteiger partial charge in [-0.25, -0.2) is 0 Å². The van der Waals surface area contributed by atoms with Crippen LogP contribution in [0.25, 0.3) is 0 Å². The topological polar surface area (TPSA) is 24.9 Å². The molecule has 2 heteroatoms. The Morgan fingerprint density at radius 3 is 2.69 bits per heavy atom. The number of nitrogens with one attached hydrogen (secondary N) is 1. The first kappa shape index (κ1) is 11.6. The van der Waals surface area contributed by atoms with Crippen molar-refractivity contribution in [3.8, 4) is 0 Å². The molecule has 0 bridgehead atoms. The molecule has 1 aromatic rings. The van der Waals surface area contributed by atoms with Crippen molar-refractivity contribution in [1.82, 2.24) is 10.3 Å². The van der Waals surface area contributed by atoms with E-state index in [1.165, 1.54) is 24.1 Å². The van der Waals surface area contributed by atoms with E-state index in [1.54, 1.807) is 0 Å². The maximum absolute atomic E-state index is 4.54. The van der Waals surface area contributed by atoms with E-state index >= 15 is 0 Å². The summed E-state index contributed by atoms with van der Waals surface area (Å²) >= 11 is 0. The third-order valence-corrected chi connectivity index (χ3v) is 3.38. The summed E-state index contributed by atoms with van der Waals surface area (Å²) in [5.41, 5.74) is 2.56. The molecule has 1 saturated carbocycles. The van der Waals surface area contributed by atoms with Crippen LogP contribution in [0, 0.1) is 5.92 Å². The first-order valence-corrected chi connectivity index (χ1v) is 6.50. The van der Waals surface area contributed by atoms with Crippen LogP contribution >= 0.6 is 0 Å². The average Bonchev–Trinajstić information content (AvgIpc) is 3.13. The molecule has 88 valence electrons. The van der Waals surface area contributed by atoms with E-state index in [4.69, 9.17) is 0 Å². The van der Waals surface area contributed by atoms with Gasteiger partial charge in [0.25, 0.3) is 0 Å². The van der Waals surface area contributed by atoms with Crippen molar-refractivity contribution in [2.24, 2.45) is 5.92 Å². The molecular formula is C14H22N2. The second-order valence-electron chi connectivity index (χ2n) is 4.72. The fourth-order valence-electron chi connectivity index (χ4n) is 2.18. The summed E-state index contributed by atoms with van der Waals surface area (Å²) in [7, 11) is 0. The van der Waals surface area contributed by atoms with Gasteiger partial charge >= 0.3 is 0 Å². The van der Waals surface area contributed by atoms with Gasteiger partial charge in [0, 0.05) is 24.4 Å². The normalized spacial score (nSPS) is 17.4. The molecule has 0 saturated heterocycles. The second-order valence-corrected chi connectivity index (χ2v) is 4.72. The van der Waals surface area contributed by atoms with Gasteiger partial charge in [0.2, 0.25) is 0 Å². The van der Waals surface area contributed by atoms with Gasteiger partial charge < -0.3 is 5.32 Å². The molecule has 2 nitrogen and oxygen atoms in total. The van der Waals surface area contributed by atoms with Gasteiger partial charge in [0.15, 0.2) is 0 Å². The summed E-state index contributed by atoms with van der Waals surface area (Å²) in [4.78, 5) is 4.54. The van der Waals surface area contributed by atoms with Crippen LogP contribution in [0.1, 0.15) is 37.9 Å². The van der Waals surface area contributed by atoms with Crippen LogP contribution in [0.15, 0.2) is 18.3 Å². The van der Waals surface area contributed by atoms with Crippen molar-refractivity contribution in [2.75, 3.05) is 6.54 Å².